The number of ether oxygens (including phenoxy) is 2. The summed E-state index contributed by atoms with van der Waals surface area (Å²) >= 11 is 0. The first-order valence-corrected chi connectivity index (χ1v) is 19.6. The molecular weight excluding hydrogens is 615 g/mol. The van der Waals surface area contributed by atoms with Crippen LogP contribution in [0, 0.1) is 0 Å². The van der Waals surface area contributed by atoms with Gasteiger partial charge in [-0.1, -0.05) is 139 Å². The summed E-state index contributed by atoms with van der Waals surface area (Å²) in [6.45, 7) is 3.50. The van der Waals surface area contributed by atoms with Crippen LogP contribution in [0.5, 0.6) is 0 Å². The zero-order valence-corrected chi connectivity index (χ0v) is 30.3. The fourth-order valence-electron chi connectivity index (χ4n) is 4.63. The Kier molecular flexibility index (Phi) is 32.0. The molecular formula is C38H65O8P. The second-order valence-corrected chi connectivity index (χ2v) is 13.1. The summed E-state index contributed by atoms with van der Waals surface area (Å²) in [5.74, 6) is -0.929. The summed E-state index contributed by atoms with van der Waals surface area (Å²) in [6.07, 6.45) is 40.9. The number of allylic oxidation sites excluding steroid dienone is 10. The Morgan fingerprint density at radius 3 is 1.53 bits per heavy atom. The number of phosphoric ester groups is 1. The molecule has 0 radical (unpaired) electrons. The second-order valence-electron chi connectivity index (χ2n) is 11.8. The van der Waals surface area contributed by atoms with Crippen molar-refractivity contribution in [3.63, 3.8) is 0 Å². The number of unbranched alkanes of at least 4 members (excludes halogenated alkanes) is 12. The lowest BCUT2D eigenvalue weighted by Crippen LogP contribution is -2.29. The van der Waals surface area contributed by atoms with Crippen molar-refractivity contribution < 1.29 is 37.9 Å². The third-order valence-electron chi connectivity index (χ3n) is 7.30. The van der Waals surface area contributed by atoms with Crippen LogP contribution in [0.15, 0.2) is 60.8 Å². The third-order valence-corrected chi connectivity index (χ3v) is 7.79. The van der Waals surface area contributed by atoms with E-state index in [0.717, 1.165) is 70.6 Å². The molecule has 0 saturated heterocycles. The van der Waals surface area contributed by atoms with Gasteiger partial charge in [0.1, 0.15) is 6.61 Å². The number of carbonyl (C=O) groups is 2. The van der Waals surface area contributed by atoms with Crippen molar-refractivity contribution in [3.05, 3.63) is 60.8 Å². The third kappa shape index (κ3) is 36.4. The van der Waals surface area contributed by atoms with Crippen LogP contribution in [0.4, 0.5) is 0 Å². The normalized spacial score (nSPS) is 13.2. The van der Waals surface area contributed by atoms with Crippen LogP contribution in [-0.4, -0.2) is 41.0 Å². The van der Waals surface area contributed by atoms with Gasteiger partial charge < -0.3 is 19.3 Å². The van der Waals surface area contributed by atoms with E-state index in [1.54, 1.807) is 0 Å². The number of hydrogen-bond acceptors (Lipinski definition) is 6. The Morgan fingerprint density at radius 1 is 0.574 bits per heavy atom. The van der Waals surface area contributed by atoms with Gasteiger partial charge >= 0.3 is 19.8 Å². The van der Waals surface area contributed by atoms with E-state index in [2.05, 4.69) is 79.1 Å². The molecule has 0 bridgehead atoms. The van der Waals surface area contributed by atoms with Crippen molar-refractivity contribution in [1.29, 1.82) is 0 Å². The fraction of sp³-hybridized carbons (Fsp3) is 0.684. The maximum Gasteiger partial charge on any atom is 0.469 e. The van der Waals surface area contributed by atoms with E-state index in [1.165, 1.54) is 38.5 Å². The topological polar surface area (TPSA) is 119 Å². The lowest BCUT2D eigenvalue weighted by atomic mass is 10.1. The maximum absolute atomic E-state index is 12.3. The Labute approximate surface area is 286 Å². The number of phosphoric acid groups is 1. The number of carbonyl (C=O) groups excluding carboxylic acids is 2. The smallest absolute Gasteiger partial charge is 0.462 e. The number of hydrogen-bond donors (Lipinski definition) is 2. The predicted molar refractivity (Wildman–Crippen MR) is 193 cm³/mol. The molecule has 0 unspecified atom stereocenters. The molecule has 2 N–H and O–H groups in total. The molecule has 0 aromatic carbocycles. The molecule has 8 nitrogen and oxygen atoms in total. The minimum Gasteiger partial charge on any atom is -0.462 e. The highest BCUT2D eigenvalue weighted by Gasteiger charge is 2.22. The van der Waals surface area contributed by atoms with E-state index in [1.807, 2.05) is 0 Å². The molecule has 9 heteroatoms. The predicted octanol–water partition coefficient (Wildman–Crippen LogP) is 10.6. The molecule has 0 aromatic heterocycles. The quantitative estimate of drug-likeness (QED) is 0.0312. The summed E-state index contributed by atoms with van der Waals surface area (Å²) in [4.78, 5) is 42.6. The fourth-order valence-corrected chi connectivity index (χ4v) is 4.99. The van der Waals surface area contributed by atoms with Crippen LogP contribution in [-0.2, 0) is 28.2 Å². The van der Waals surface area contributed by atoms with Crippen LogP contribution < -0.4 is 0 Å². The summed E-state index contributed by atoms with van der Waals surface area (Å²) in [5, 5.41) is 0. The van der Waals surface area contributed by atoms with E-state index in [-0.39, 0.29) is 19.4 Å². The van der Waals surface area contributed by atoms with Crippen molar-refractivity contribution in [2.75, 3.05) is 13.2 Å². The zero-order valence-electron chi connectivity index (χ0n) is 29.4. The molecule has 47 heavy (non-hydrogen) atoms. The first-order chi connectivity index (χ1) is 22.8. The highest BCUT2D eigenvalue weighted by molar-refractivity contribution is 7.46. The van der Waals surface area contributed by atoms with E-state index < -0.39 is 32.5 Å². The highest BCUT2D eigenvalue weighted by atomic mass is 31.2. The van der Waals surface area contributed by atoms with Gasteiger partial charge in [-0.2, -0.15) is 0 Å². The first-order valence-electron chi connectivity index (χ1n) is 18.1. The van der Waals surface area contributed by atoms with E-state index in [0.29, 0.717) is 12.8 Å². The van der Waals surface area contributed by atoms with Crippen molar-refractivity contribution in [2.45, 2.75) is 155 Å². The lowest BCUT2D eigenvalue weighted by Gasteiger charge is -2.18. The molecule has 0 fully saturated rings. The van der Waals surface area contributed by atoms with Crippen LogP contribution in [0.1, 0.15) is 149 Å². The molecule has 0 aliphatic rings. The highest BCUT2D eigenvalue weighted by Crippen LogP contribution is 2.35. The molecule has 0 spiro atoms. The van der Waals surface area contributed by atoms with Crippen LogP contribution in [0.25, 0.3) is 0 Å². The summed E-state index contributed by atoms with van der Waals surface area (Å²) in [5.41, 5.74) is 0. The molecule has 0 rings (SSSR count). The monoisotopic (exact) mass is 680 g/mol. The Bertz CT molecular complexity index is 947. The van der Waals surface area contributed by atoms with Crippen molar-refractivity contribution in [3.8, 4) is 0 Å². The number of esters is 2. The van der Waals surface area contributed by atoms with Gasteiger partial charge in [-0.3, -0.25) is 14.1 Å². The standard InChI is InChI=1S/C38H65O8P/c1-3-5-7-9-11-13-15-16-17-18-19-20-21-22-23-25-26-28-30-32-37(39)44-34-36(35-45-47(41,42)43)46-38(40)33-31-29-27-24-14-12-10-8-6-4-2/h5,7,11,13,16-17,19-20,22-23,36H,3-4,6,8-10,12,14-15,18,21,24-35H2,1-2H3,(H2,41,42,43)/b7-5+,13-11+,17-16+,20-19+,23-22+/t36-/m1/s1. The number of rotatable bonds is 32. The first kappa shape index (κ1) is 44.8. The largest absolute Gasteiger partial charge is 0.469 e. The molecule has 0 aromatic rings. The van der Waals surface area contributed by atoms with Crippen LogP contribution >= 0.6 is 7.82 Å². The van der Waals surface area contributed by atoms with Crippen molar-refractivity contribution >= 4 is 19.8 Å². The minimum absolute atomic E-state index is 0.203. The van der Waals surface area contributed by atoms with Gasteiger partial charge in [-0.25, -0.2) is 4.57 Å². The average Bonchev–Trinajstić information content (AvgIpc) is 3.04. The minimum atomic E-state index is -4.75. The lowest BCUT2D eigenvalue weighted by molar-refractivity contribution is -0.161. The Morgan fingerprint density at radius 2 is 1.02 bits per heavy atom. The van der Waals surface area contributed by atoms with E-state index >= 15 is 0 Å². The molecule has 0 saturated carbocycles. The van der Waals surface area contributed by atoms with Crippen molar-refractivity contribution in [2.24, 2.45) is 0 Å². The summed E-state index contributed by atoms with van der Waals surface area (Å²) in [7, 11) is -4.75. The summed E-state index contributed by atoms with van der Waals surface area (Å²) in [6, 6.07) is 0. The van der Waals surface area contributed by atoms with Gasteiger partial charge in [0.25, 0.3) is 0 Å². The molecule has 1 atom stereocenters. The molecule has 0 amide bonds. The molecule has 0 aliphatic carbocycles. The van der Waals surface area contributed by atoms with Gasteiger partial charge in [0.15, 0.2) is 6.10 Å². The second kappa shape index (κ2) is 33.6. The van der Waals surface area contributed by atoms with Gasteiger partial charge in [0.05, 0.1) is 6.61 Å². The van der Waals surface area contributed by atoms with Gasteiger partial charge in [-0.15, -0.1) is 0 Å². The maximum atomic E-state index is 12.3. The SMILES string of the molecule is CC/C=C/C/C=C/C/C=C/C/C=C/C/C=C/CCCCCC(=O)OC[C@H](COP(=O)(O)O)OC(=O)CCCCCCCCCCCC. The Hall–Kier alpha value is -2.25. The van der Waals surface area contributed by atoms with Crippen LogP contribution in [0.3, 0.4) is 0 Å². The molecule has 270 valence electrons. The zero-order chi connectivity index (χ0) is 34.7. The van der Waals surface area contributed by atoms with Gasteiger partial charge in [-0.05, 0) is 57.8 Å². The van der Waals surface area contributed by atoms with Gasteiger partial charge in [0, 0.05) is 12.8 Å². The van der Waals surface area contributed by atoms with Crippen molar-refractivity contribution in [1.82, 2.24) is 0 Å². The molecule has 0 aliphatic heterocycles. The van der Waals surface area contributed by atoms with Crippen LogP contribution in [0.2, 0.25) is 0 Å². The summed E-state index contributed by atoms with van der Waals surface area (Å²) < 4.78 is 26.2. The van der Waals surface area contributed by atoms with Gasteiger partial charge in [0.2, 0.25) is 0 Å². The average molecular weight is 681 g/mol. The Balaban J connectivity index is 4.04. The molecule has 0 heterocycles. The van der Waals surface area contributed by atoms with E-state index in [9.17, 15) is 14.2 Å². The van der Waals surface area contributed by atoms with E-state index in [4.69, 9.17) is 19.3 Å².